The van der Waals surface area contributed by atoms with Crippen molar-refractivity contribution in [1.29, 1.82) is 0 Å². The van der Waals surface area contributed by atoms with Crippen molar-refractivity contribution in [3.63, 3.8) is 0 Å². The molecule has 0 atom stereocenters. The average molecular weight is 195 g/mol. The Bertz CT molecular complexity index is 361. The van der Waals surface area contributed by atoms with E-state index < -0.39 is 10.0 Å². The Morgan fingerprint density at radius 2 is 1.75 bits per heavy atom. The van der Waals surface area contributed by atoms with Crippen molar-refractivity contribution in [3.8, 4) is 0 Å². The van der Waals surface area contributed by atoms with Gasteiger partial charge in [0.2, 0.25) is 10.0 Å². The number of nitrogens with two attached hydrogens (primary N) is 1. The third kappa shape index (κ3) is 2.88. The number of hydrogen-bond acceptors (Lipinski definition) is 2. The number of benzene rings is 1. The zero-order valence-electron chi connectivity index (χ0n) is 6.11. The van der Waals surface area contributed by atoms with Gasteiger partial charge >= 0.3 is 29.6 Å². The number of primary sulfonamides is 1. The van der Waals surface area contributed by atoms with Crippen LogP contribution >= 0.6 is 0 Å². The molecule has 1 aromatic rings. The van der Waals surface area contributed by atoms with Gasteiger partial charge in [-0.2, -0.15) is 0 Å². The van der Waals surface area contributed by atoms with Crippen LogP contribution in [0, 0.1) is 6.92 Å². The Morgan fingerprint density at radius 3 is 2.08 bits per heavy atom. The molecule has 0 radical (unpaired) electrons. The zero-order valence-corrected chi connectivity index (χ0v) is 6.93. The molecule has 1 rings (SSSR count). The van der Waals surface area contributed by atoms with Crippen LogP contribution in [0.25, 0.3) is 0 Å². The van der Waals surface area contributed by atoms with E-state index in [1.54, 1.807) is 25.1 Å². The summed E-state index contributed by atoms with van der Waals surface area (Å²) < 4.78 is 21.7. The average Bonchev–Trinajstić information content (AvgIpc) is 1.86. The SMILES string of the molecule is Cc1ccccc1S(N)(=O)=O.[NaH]. The van der Waals surface area contributed by atoms with Gasteiger partial charge in [-0.05, 0) is 18.6 Å². The van der Waals surface area contributed by atoms with E-state index in [9.17, 15) is 8.42 Å². The second-order valence-corrected chi connectivity index (χ2v) is 3.84. The molecule has 0 aliphatic rings. The topological polar surface area (TPSA) is 60.2 Å². The fraction of sp³-hybridized carbons (Fsp3) is 0.143. The maximum absolute atomic E-state index is 10.8. The Kier molecular flexibility index (Phi) is 4.44. The molecule has 0 spiro atoms. The van der Waals surface area contributed by atoms with Crippen molar-refractivity contribution in [1.82, 2.24) is 0 Å². The molecule has 0 unspecified atom stereocenters. The van der Waals surface area contributed by atoms with E-state index >= 15 is 0 Å². The summed E-state index contributed by atoms with van der Waals surface area (Å²) in [5.41, 5.74) is 0.676. The molecule has 12 heavy (non-hydrogen) atoms. The predicted octanol–water partition coefficient (Wildman–Crippen LogP) is -0.00608. The quantitative estimate of drug-likeness (QED) is 0.641. The Labute approximate surface area is 94.3 Å². The summed E-state index contributed by atoms with van der Waals surface area (Å²) in [5, 5.41) is 4.93. The van der Waals surface area contributed by atoms with E-state index in [1.165, 1.54) is 6.07 Å². The molecule has 1 aromatic carbocycles. The van der Waals surface area contributed by atoms with E-state index in [0.29, 0.717) is 5.56 Å². The molecule has 0 amide bonds. The third-order valence-corrected chi connectivity index (χ3v) is 2.47. The number of hydrogen-bond donors (Lipinski definition) is 1. The Morgan fingerprint density at radius 1 is 1.25 bits per heavy atom. The van der Waals surface area contributed by atoms with E-state index in [0.717, 1.165) is 0 Å². The molecule has 0 saturated heterocycles. The molecule has 0 saturated carbocycles. The number of rotatable bonds is 1. The van der Waals surface area contributed by atoms with Gasteiger partial charge in [0.1, 0.15) is 0 Å². The van der Waals surface area contributed by atoms with E-state index in [1.807, 2.05) is 0 Å². The maximum atomic E-state index is 10.8. The van der Waals surface area contributed by atoms with Crippen LogP contribution in [0.1, 0.15) is 5.56 Å². The van der Waals surface area contributed by atoms with Crippen LogP contribution < -0.4 is 5.14 Å². The van der Waals surface area contributed by atoms with Crippen LogP contribution in [0.2, 0.25) is 0 Å². The first-order valence-corrected chi connectivity index (χ1v) is 4.65. The van der Waals surface area contributed by atoms with Gasteiger partial charge in [0.15, 0.2) is 0 Å². The van der Waals surface area contributed by atoms with Gasteiger partial charge in [-0.1, -0.05) is 18.2 Å². The van der Waals surface area contributed by atoms with Gasteiger partial charge in [-0.25, -0.2) is 13.6 Å². The van der Waals surface area contributed by atoms with E-state index in [4.69, 9.17) is 5.14 Å². The first-order valence-electron chi connectivity index (χ1n) is 3.10. The van der Waals surface area contributed by atoms with Gasteiger partial charge < -0.3 is 0 Å². The minimum atomic E-state index is -3.53. The zero-order chi connectivity index (χ0) is 8.48. The van der Waals surface area contributed by atoms with Crippen LogP contribution in [0.3, 0.4) is 0 Å². The molecule has 0 aliphatic heterocycles. The summed E-state index contributed by atoms with van der Waals surface area (Å²) in [6.07, 6.45) is 0. The summed E-state index contributed by atoms with van der Waals surface area (Å²) in [5.74, 6) is 0. The summed E-state index contributed by atoms with van der Waals surface area (Å²) in [6, 6.07) is 6.61. The van der Waals surface area contributed by atoms with Crippen molar-refractivity contribution < 1.29 is 8.42 Å². The second-order valence-electron chi connectivity index (χ2n) is 2.31. The minimum absolute atomic E-state index is 0. The molecule has 0 heterocycles. The fourth-order valence-corrected chi connectivity index (χ4v) is 1.66. The van der Waals surface area contributed by atoms with Gasteiger partial charge in [-0.3, -0.25) is 0 Å². The van der Waals surface area contributed by atoms with E-state index in [-0.39, 0.29) is 34.5 Å². The summed E-state index contributed by atoms with van der Waals surface area (Å²) in [4.78, 5) is 0.194. The second kappa shape index (κ2) is 4.39. The molecule has 0 bridgehead atoms. The standard InChI is InChI=1S/C7H9NO2S.Na.H/c1-6-4-2-3-5-7(6)11(8,9)10;;/h2-5H,1H3,(H2,8,9,10);;. The van der Waals surface area contributed by atoms with Gasteiger partial charge in [0, 0.05) is 0 Å². The normalized spacial score (nSPS) is 10.5. The van der Waals surface area contributed by atoms with Crippen molar-refractivity contribution in [3.05, 3.63) is 29.8 Å². The molecular weight excluding hydrogens is 185 g/mol. The van der Waals surface area contributed by atoms with Crippen molar-refractivity contribution in [2.45, 2.75) is 11.8 Å². The monoisotopic (exact) mass is 195 g/mol. The molecule has 0 aromatic heterocycles. The number of aryl methyl sites for hydroxylation is 1. The van der Waals surface area contributed by atoms with E-state index in [2.05, 4.69) is 0 Å². The predicted molar refractivity (Wildman–Crippen MR) is 49.7 cm³/mol. The molecule has 3 nitrogen and oxygen atoms in total. The molecule has 0 aliphatic carbocycles. The Balaban J connectivity index is 0.00000121. The summed E-state index contributed by atoms with van der Waals surface area (Å²) in [7, 11) is -3.53. The van der Waals surface area contributed by atoms with Crippen LogP contribution in [-0.4, -0.2) is 38.0 Å². The summed E-state index contributed by atoms with van der Waals surface area (Å²) in [6.45, 7) is 1.71. The fourth-order valence-electron chi connectivity index (χ4n) is 0.876. The first-order chi connectivity index (χ1) is 5.02. The van der Waals surface area contributed by atoms with Crippen molar-refractivity contribution in [2.24, 2.45) is 5.14 Å². The van der Waals surface area contributed by atoms with Crippen LogP contribution in [0.5, 0.6) is 0 Å². The van der Waals surface area contributed by atoms with Crippen LogP contribution in [0.15, 0.2) is 29.2 Å². The molecule has 5 heteroatoms. The van der Waals surface area contributed by atoms with Gasteiger partial charge in [-0.15, -0.1) is 0 Å². The van der Waals surface area contributed by atoms with Gasteiger partial charge in [0.25, 0.3) is 0 Å². The first kappa shape index (κ1) is 12.1. The van der Waals surface area contributed by atoms with Crippen molar-refractivity contribution >= 4 is 39.6 Å². The number of sulfonamides is 1. The Hall–Kier alpha value is 0.130. The molecular formula is C7H10NNaO2S. The third-order valence-electron chi connectivity index (χ3n) is 1.40. The van der Waals surface area contributed by atoms with Crippen molar-refractivity contribution in [2.75, 3.05) is 0 Å². The van der Waals surface area contributed by atoms with Crippen LogP contribution in [0.4, 0.5) is 0 Å². The summed E-state index contributed by atoms with van der Waals surface area (Å²) >= 11 is 0. The van der Waals surface area contributed by atoms with Crippen LogP contribution in [-0.2, 0) is 10.0 Å². The van der Waals surface area contributed by atoms with Gasteiger partial charge in [0.05, 0.1) is 4.90 Å². The molecule has 62 valence electrons. The molecule has 2 N–H and O–H groups in total. The molecule has 0 fully saturated rings.